The van der Waals surface area contributed by atoms with Crippen LogP contribution < -0.4 is 5.32 Å². The van der Waals surface area contributed by atoms with Crippen LogP contribution in [0, 0.1) is 0 Å². The summed E-state index contributed by atoms with van der Waals surface area (Å²) in [6.45, 7) is -0.285. The summed E-state index contributed by atoms with van der Waals surface area (Å²) in [5.41, 5.74) is 1.24. The van der Waals surface area contributed by atoms with Crippen molar-refractivity contribution in [3.05, 3.63) is 68.6 Å². The number of carboxylic acid groups (broad SMARTS) is 1. The number of hydrogen-bond acceptors (Lipinski definition) is 4. The van der Waals surface area contributed by atoms with Crippen molar-refractivity contribution in [2.24, 2.45) is 0 Å². The number of carboxylic acids is 1. The Morgan fingerprint density at radius 2 is 1.69 bits per heavy atom. The second kappa shape index (κ2) is 7.65. The molecular weight excluding hydrogens is 466 g/mol. The summed E-state index contributed by atoms with van der Waals surface area (Å²) >= 11 is 6.42. The molecule has 3 rings (SSSR count). The molecule has 0 heterocycles. The molecule has 0 radical (unpaired) electrons. The van der Waals surface area contributed by atoms with Gasteiger partial charge in [0.05, 0.1) is 17.1 Å². The van der Waals surface area contributed by atoms with E-state index >= 15 is 0 Å². The van der Waals surface area contributed by atoms with E-state index in [1.54, 1.807) is 6.07 Å². The topological polar surface area (TPSA) is 89.8 Å². The average Bonchev–Trinajstić information content (AvgIpc) is 2.63. The van der Waals surface area contributed by atoms with Crippen LogP contribution in [-0.2, 0) is 4.79 Å². The quantitative estimate of drug-likeness (QED) is 0.430. The van der Waals surface area contributed by atoms with Crippen LogP contribution in [0.4, 0.5) is 0 Å². The number of fused-ring (bicyclic) bond motifs is 1. The molecule has 0 aliphatic heterocycles. The summed E-state index contributed by atoms with van der Waals surface area (Å²) in [6.07, 6.45) is 0. The van der Waals surface area contributed by atoms with E-state index in [0.29, 0.717) is 10.0 Å². The molecule has 0 spiro atoms. The van der Waals surface area contributed by atoms with E-state index < -0.39 is 12.0 Å². The first kappa shape index (κ1) is 18.7. The molecule has 0 amide bonds. The molecule has 1 unspecified atom stereocenters. The SMILES string of the molecule is O=C(O)CNC(c1ccc2ccccc2c1)c1cc(Br)c(O)c(Br)c1O. The molecule has 134 valence electrons. The van der Waals surface area contributed by atoms with Gasteiger partial charge in [-0.15, -0.1) is 0 Å². The molecule has 0 aliphatic rings. The standard InChI is InChI=1S/C19H15Br2NO4/c20-14-8-13(18(25)16(21)19(14)26)17(22-9-15(23)24)12-6-5-10-3-1-2-4-11(10)7-12/h1-8,17,22,25-26H,9H2,(H,23,24). The van der Waals surface area contributed by atoms with Gasteiger partial charge in [-0.1, -0.05) is 36.4 Å². The third-order valence-electron chi connectivity index (χ3n) is 4.07. The minimum absolute atomic E-state index is 0.123. The van der Waals surface area contributed by atoms with Gasteiger partial charge in [-0.05, 0) is 60.3 Å². The number of halogens is 2. The fourth-order valence-corrected chi connectivity index (χ4v) is 3.97. The van der Waals surface area contributed by atoms with Gasteiger partial charge in [0.15, 0.2) is 0 Å². The van der Waals surface area contributed by atoms with Gasteiger partial charge in [0.2, 0.25) is 0 Å². The maximum atomic E-state index is 11.1. The minimum atomic E-state index is -1.01. The molecule has 0 aromatic heterocycles. The van der Waals surface area contributed by atoms with Gasteiger partial charge >= 0.3 is 5.97 Å². The monoisotopic (exact) mass is 479 g/mol. The number of aliphatic carboxylic acids is 1. The molecule has 5 nitrogen and oxygen atoms in total. The Balaban J connectivity index is 2.14. The molecular formula is C19H15Br2NO4. The highest BCUT2D eigenvalue weighted by Crippen LogP contribution is 2.44. The highest BCUT2D eigenvalue weighted by atomic mass is 79.9. The summed E-state index contributed by atoms with van der Waals surface area (Å²) < 4.78 is 0.532. The van der Waals surface area contributed by atoms with Crippen LogP contribution in [0.1, 0.15) is 17.2 Å². The molecule has 4 N–H and O–H groups in total. The lowest BCUT2D eigenvalue weighted by atomic mass is 9.95. The number of benzene rings is 3. The molecule has 0 bridgehead atoms. The van der Waals surface area contributed by atoms with Gasteiger partial charge in [-0.2, -0.15) is 0 Å². The number of phenolic OH excluding ortho intramolecular Hbond substituents is 2. The summed E-state index contributed by atoms with van der Waals surface area (Å²) in [6, 6.07) is 14.6. The minimum Gasteiger partial charge on any atom is -0.506 e. The van der Waals surface area contributed by atoms with Gasteiger partial charge < -0.3 is 15.3 Å². The summed E-state index contributed by atoms with van der Waals surface area (Å²) in [4.78, 5) is 11.1. The van der Waals surface area contributed by atoms with E-state index in [2.05, 4.69) is 37.2 Å². The Morgan fingerprint density at radius 3 is 2.38 bits per heavy atom. The molecule has 0 saturated heterocycles. The maximum Gasteiger partial charge on any atom is 0.317 e. The van der Waals surface area contributed by atoms with Gasteiger partial charge in [0, 0.05) is 5.56 Å². The van der Waals surface area contributed by atoms with Crippen LogP contribution in [0.3, 0.4) is 0 Å². The zero-order valence-corrected chi connectivity index (χ0v) is 16.6. The van der Waals surface area contributed by atoms with Crippen LogP contribution in [0.15, 0.2) is 57.5 Å². The lowest BCUT2D eigenvalue weighted by Crippen LogP contribution is -2.28. The normalized spacial score (nSPS) is 12.2. The Hall–Kier alpha value is -2.09. The number of hydrogen-bond donors (Lipinski definition) is 4. The predicted octanol–water partition coefficient (Wildman–Crippen LogP) is 4.54. The Bertz CT molecular complexity index is 991. The number of carbonyl (C=O) groups is 1. The molecule has 7 heteroatoms. The third-order valence-corrected chi connectivity index (χ3v) is 5.43. The van der Waals surface area contributed by atoms with Crippen molar-refractivity contribution in [1.82, 2.24) is 5.32 Å². The van der Waals surface area contributed by atoms with E-state index in [-0.39, 0.29) is 22.5 Å². The van der Waals surface area contributed by atoms with E-state index in [1.165, 1.54) is 0 Å². The number of aromatic hydroxyl groups is 2. The fourth-order valence-electron chi connectivity index (χ4n) is 2.82. The molecule has 0 saturated carbocycles. The van der Waals surface area contributed by atoms with Gasteiger partial charge in [-0.3, -0.25) is 10.1 Å². The van der Waals surface area contributed by atoms with Gasteiger partial charge in [0.1, 0.15) is 16.0 Å². The van der Waals surface area contributed by atoms with Crippen molar-refractivity contribution in [2.45, 2.75) is 6.04 Å². The van der Waals surface area contributed by atoms with Gasteiger partial charge in [0.25, 0.3) is 0 Å². The van der Waals surface area contributed by atoms with Crippen LogP contribution in [0.5, 0.6) is 11.5 Å². The molecule has 0 fully saturated rings. The summed E-state index contributed by atoms with van der Waals surface area (Å²) in [5, 5.41) is 34.5. The van der Waals surface area contributed by atoms with E-state index in [0.717, 1.165) is 16.3 Å². The Labute approximate surface area is 166 Å². The van der Waals surface area contributed by atoms with Crippen LogP contribution >= 0.6 is 31.9 Å². The molecule has 3 aromatic carbocycles. The van der Waals surface area contributed by atoms with Crippen molar-refractivity contribution >= 4 is 48.6 Å². The number of phenols is 2. The fraction of sp³-hybridized carbons (Fsp3) is 0.105. The van der Waals surface area contributed by atoms with Crippen LogP contribution in [0.25, 0.3) is 10.8 Å². The van der Waals surface area contributed by atoms with Crippen molar-refractivity contribution in [1.29, 1.82) is 0 Å². The average molecular weight is 481 g/mol. The van der Waals surface area contributed by atoms with Crippen molar-refractivity contribution < 1.29 is 20.1 Å². The molecule has 3 aromatic rings. The second-order valence-corrected chi connectivity index (χ2v) is 7.42. The predicted molar refractivity (Wildman–Crippen MR) is 107 cm³/mol. The lowest BCUT2D eigenvalue weighted by Gasteiger charge is -2.22. The van der Waals surface area contributed by atoms with E-state index in [1.807, 2.05) is 42.5 Å². The first-order chi connectivity index (χ1) is 12.4. The highest BCUT2D eigenvalue weighted by Gasteiger charge is 2.23. The third kappa shape index (κ3) is 3.70. The van der Waals surface area contributed by atoms with Crippen LogP contribution in [0.2, 0.25) is 0 Å². The first-order valence-electron chi connectivity index (χ1n) is 7.72. The van der Waals surface area contributed by atoms with Crippen molar-refractivity contribution in [3.8, 4) is 11.5 Å². The lowest BCUT2D eigenvalue weighted by molar-refractivity contribution is -0.136. The van der Waals surface area contributed by atoms with Crippen molar-refractivity contribution in [2.75, 3.05) is 6.54 Å². The number of nitrogens with one attached hydrogen (secondary N) is 1. The molecule has 26 heavy (non-hydrogen) atoms. The smallest absolute Gasteiger partial charge is 0.317 e. The van der Waals surface area contributed by atoms with Crippen molar-refractivity contribution in [3.63, 3.8) is 0 Å². The zero-order valence-electron chi connectivity index (χ0n) is 13.4. The molecule has 1 atom stereocenters. The Morgan fingerprint density at radius 1 is 1.00 bits per heavy atom. The largest absolute Gasteiger partial charge is 0.506 e. The summed E-state index contributed by atoms with van der Waals surface area (Å²) in [5.74, 6) is -1.28. The Kier molecular flexibility index (Phi) is 5.50. The number of rotatable bonds is 5. The van der Waals surface area contributed by atoms with E-state index in [9.17, 15) is 15.0 Å². The van der Waals surface area contributed by atoms with E-state index in [4.69, 9.17) is 5.11 Å². The van der Waals surface area contributed by atoms with Crippen LogP contribution in [-0.4, -0.2) is 27.8 Å². The maximum absolute atomic E-state index is 11.1. The van der Waals surface area contributed by atoms with Gasteiger partial charge in [-0.25, -0.2) is 0 Å². The summed E-state index contributed by atoms with van der Waals surface area (Å²) in [7, 11) is 0. The second-order valence-electron chi connectivity index (χ2n) is 5.77. The zero-order chi connectivity index (χ0) is 18.8. The highest BCUT2D eigenvalue weighted by molar-refractivity contribution is 9.11. The first-order valence-corrected chi connectivity index (χ1v) is 9.30. The molecule has 0 aliphatic carbocycles.